The highest BCUT2D eigenvalue weighted by Crippen LogP contribution is 2.19. The van der Waals surface area contributed by atoms with Crippen LogP contribution in [0.3, 0.4) is 0 Å². The molecular weight excluding hydrogens is 158 g/mol. The van der Waals surface area contributed by atoms with E-state index in [4.69, 9.17) is 0 Å². The van der Waals surface area contributed by atoms with Crippen molar-refractivity contribution in [3.8, 4) is 0 Å². The minimum atomic E-state index is 0.798. The van der Waals surface area contributed by atoms with Crippen molar-refractivity contribution in [2.45, 2.75) is 65.5 Å². The second-order valence-corrected chi connectivity index (χ2v) is 4.90. The minimum Gasteiger partial charge on any atom is -0.324 e. The van der Waals surface area contributed by atoms with Gasteiger partial charge in [0.25, 0.3) is 0 Å². The fourth-order valence-electron chi connectivity index (χ4n) is 1.94. The van der Waals surface area contributed by atoms with E-state index in [0.29, 0.717) is 0 Å². The van der Waals surface area contributed by atoms with Crippen LogP contribution in [0.5, 0.6) is 0 Å². The first-order chi connectivity index (χ1) is 5.96. The summed E-state index contributed by atoms with van der Waals surface area (Å²) >= 11 is 0. The molecule has 0 N–H and O–H groups in total. The van der Waals surface area contributed by atoms with Crippen LogP contribution >= 0.6 is 0 Å². The zero-order chi connectivity index (χ0) is 10.5. The maximum absolute atomic E-state index is 2.38. The van der Waals surface area contributed by atoms with Gasteiger partial charge in [0.15, 0.2) is 0 Å². The predicted octanol–water partition coefficient (Wildman–Crippen LogP) is 3.44. The van der Waals surface area contributed by atoms with Crippen LogP contribution in [0, 0.1) is 0 Å². The van der Waals surface area contributed by atoms with Crippen molar-refractivity contribution in [1.82, 2.24) is 0 Å². The average Bonchev–Trinajstić information content (AvgIpc) is 2.05. The van der Waals surface area contributed by atoms with Crippen molar-refractivity contribution in [1.29, 1.82) is 0 Å². The molecule has 13 heavy (non-hydrogen) atoms. The van der Waals surface area contributed by atoms with Crippen LogP contribution < -0.4 is 0 Å². The van der Waals surface area contributed by atoms with E-state index in [-0.39, 0.29) is 0 Å². The van der Waals surface area contributed by atoms with E-state index in [9.17, 15) is 0 Å². The summed E-state index contributed by atoms with van der Waals surface area (Å²) in [5.74, 6) is 0. The molecule has 0 aliphatic heterocycles. The topological polar surface area (TPSA) is 0 Å². The van der Waals surface area contributed by atoms with Crippen molar-refractivity contribution in [3.05, 3.63) is 0 Å². The van der Waals surface area contributed by atoms with E-state index in [1.165, 1.54) is 30.2 Å². The van der Waals surface area contributed by atoms with Gasteiger partial charge in [0, 0.05) is 0 Å². The zero-order valence-corrected chi connectivity index (χ0v) is 10.4. The maximum atomic E-state index is 2.38. The smallest absolute Gasteiger partial charge is 0.0859 e. The largest absolute Gasteiger partial charge is 0.324 e. The molecule has 0 aromatic heterocycles. The van der Waals surface area contributed by atoms with Crippen molar-refractivity contribution >= 4 is 0 Å². The molecule has 0 aromatic rings. The van der Waals surface area contributed by atoms with Gasteiger partial charge in [-0.15, -0.1) is 0 Å². The molecule has 0 radical (unpaired) electrons. The minimum absolute atomic E-state index is 0.798. The van der Waals surface area contributed by atoms with Gasteiger partial charge in [-0.05, 0) is 26.7 Å². The number of nitrogens with zero attached hydrogens (tertiary/aromatic N) is 1. The van der Waals surface area contributed by atoms with Crippen LogP contribution in [0.2, 0.25) is 0 Å². The molecule has 0 aliphatic carbocycles. The summed E-state index contributed by atoms with van der Waals surface area (Å²) in [5, 5.41) is 0. The van der Waals surface area contributed by atoms with Gasteiger partial charge in [0.05, 0.1) is 26.2 Å². The molecule has 0 heterocycles. The van der Waals surface area contributed by atoms with Gasteiger partial charge in [0.1, 0.15) is 0 Å². The molecule has 0 amide bonds. The van der Waals surface area contributed by atoms with Crippen LogP contribution in [-0.2, 0) is 0 Å². The van der Waals surface area contributed by atoms with Crippen molar-refractivity contribution in [3.63, 3.8) is 0 Å². The van der Waals surface area contributed by atoms with Crippen LogP contribution in [0.15, 0.2) is 0 Å². The lowest BCUT2D eigenvalue weighted by Crippen LogP contribution is -2.53. The Morgan fingerprint density at radius 2 is 1.15 bits per heavy atom. The Balaban J connectivity index is 4.17. The SMILES string of the molecule is CCCC(C)[N+](C)(C)C(C)CCC. The van der Waals surface area contributed by atoms with E-state index in [0.717, 1.165) is 12.1 Å². The Hall–Kier alpha value is -0.0400. The summed E-state index contributed by atoms with van der Waals surface area (Å²) in [5.41, 5.74) is 0. The van der Waals surface area contributed by atoms with Gasteiger partial charge in [0.2, 0.25) is 0 Å². The van der Waals surface area contributed by atoms with E-state index in [1.807, 2.05) is 0 Å². The van der Waals surface area contributed by atoms with E-state index < -0.39 is 0 Å². The van der Waals surface area contributed by atoms with E-state index >= 15 is 0 Å². The Bertz CT molecular complexity index is 115. The van der Waals surface area contributed by atoms with Crippen molar-refractivity contribution in [2.75, 3.05) is 14.1 Å². The fraction of sp³-hybridized carbons (Fsp3) is 1.00. The molecular formula is C12H28N+. The van der Waals surface area contributed by atoms with Crippen LogP contribution in [0.25, 0.3) is 0 Å². The molecule has 0 spiro atoms. The molecule has 1 heteroatoms. The fourth-order valence-corrected chi connectivity index (χ4v) is 1.94. The monoisotopic (exact) mass is 186 g/mol. The molecule has 0 rings (SSSR count). The molecule has 1 nitrogen and oxygen atoms in total. The molecule has 80 valence electrons. The lowest BCUT2D eigenvalue weighted by atomic mass is 10.0. The lowest BCUT2D eigenvalue weighted by Gasteiger charge is -2.41. The Morgan fingerprint density at radius 1 is 0.846 bits per heavy atom. The third-order valence-corrected chi connectivity index (χ3v) is 3.68. The standard InChI is InChI=1S/C12H28N/c1-7-9-11(3)13(5,6)12(4)10-8-2/h11-12H,7-10H2,1-6H3/q+1. The molecule has 0 bridgehead atoms. The van der Waals surface area contributed by atoms with E-state index in [2.05, 4.69) is 41.8 Å². The third-order valence-electron chi connectivity index (χ3n) is 3.68. The van der Waals surface area contributed by atoms with Gasteiger partial charge in [-0.3, -0.25) is 0 Å². The summed E-state index contributed by atoms with van der Waals surface area (Å²) in [6.07, 6.45) is 5.31. The van der Waals surface area contributed by atoms with Gasteiger partial charge in [-0.2, -0.15) is 0 Å². The molecule has 0 aliphatic rings. The number of quaternary nitrogens is 1. The van der Waals surface area contributed by atoms with Gasteiger partial charge < -0.3 is 4.48 Å². The van der Waals surface area contributed by atoms with Crippen LogP contribution in [0.1, 0.15) is 53.4 Å². The Morgan fingerprint density at radius 3 is 1.38 bits per heavy atom. The molecule has 2 unspecified atom stereocenters. The van der Waals surface area contributed by atoms with Crippen molar-refractivity contribution in [2.24, 2.45) is 0 Å². The maximum Gasteiger partial charge on any atom is 0.0859 e. The van der Waals surface area contributed by atoms with Gasteiger partial charge >= 0.3 is 0 Å². The Kier molecular flexibility index (Phi) is 5.62. The van der Waals surface area contributed by atoms with Gasteiger partial charge in [-0.25, -0.2) is 0 Å². The third kappa shape index (κ3) is 3.68. The molecule has 0 saturated heterocycles. The van der Waals surface area contributed by atoms with Crippen molar-refractivity contribution < 1.29 is 4.48 Å². The van der Waals surface area contributed by atoms with E-state index in [1.54, 1.807) is 0 Å². The second kappa shape index (κ2) is 5.64. The summed E-state index contributed by atoms with van der Waals surface area (Å²) < 4.78 is 1.18. The molecule has 0 fully saturated rings. The summed E-state index contributed by atoms with van der Waals surface area (Å²) in [6.45, 7) is 9.33. The summed E-state index contributed by atoms with van der Waals surface area (Å²) in [6, 6.07) is 1.60. The summed E-state index contributed by atoms with van der Waals surface area (Å²) in [7, 11) is 4.75. The first-order valence-corrected chi connectivity index (χ1v) is 5.80. The lowest BCUT2D eigenvalue weighted by molar-refractivity contribution is -0.935. The van der Waals surface area contributed by atoms with Crippen LogP contribution in [0.4, 0.5) is 0 Å². The quantitative estimate of drug-likeness (QED) is 0.557. The summed E-state index contributed by atoms with van der Waals surface area (Å²) in [4.78, 5) is 0. The number of hydrogen-bond acceptors (Lipinski definition) is 0. The highest BCUT2D eigenvalue weighted by Gasteiger charge is 2.28. The first-order valence-electron chi connectivity index (χ1n) is 5.80. The van der Waals surface area contributed by atoms with Gasteiger partial charge in [-0.1, -0.05) is 26.7 Å². The second-order valence-electron chi connectivity index (χ2n) is 4.90. The average molecular weight is 186 g/mol. The highest BCUT2D eigenvalue weighted by atomic mass is 15.3. The number of rotatable bonds is 6. The highest BCUT2D eigenvalue weighted by molar-refractivity contribution is 4.56. The molecule has 2 atom stereocenters. The molecule has 0 saturated carbocycles. The number of hydrogen-bond donors (Lipinski definition) is 0. The van der Waals surface area contributed by atoms with Crippen LogP contribution in [-0.4, -0.2) is 30.7 Å². The predicted molar refractivity (Wildman–Crippen MR) is 60.8 cm³/mol. The normalized spacial score (nSPS) is 17.1. The molecule has 0 aromatic carbocycles. The first kappa shape index (κ1) is 13.0. The Labute approximate surface area is 84.7 Å². The zero-order valence-electron chi connectivity index (χ0n) is 10.4.